The van der Waals surface area contributed by atoms with E-state index in [-0.39, 0.29) is 0 Å². The Hall–Kier alpha value is -1.68. The summed E-state index contributed by atoms with van der Waals surface area (Å²) in [6, 6.07) is 6.46. The fourth-order valence-electron chi connectivity index (χ4n) is 3.19. The molecule has 1 fully saturated rings. The van der Waals surface area contributed by atoms with E-state index in [0.717, 1.165) is 24.6 Å². The SMILES string of the molecule is Cc1ccc(C[C@@H]2CCCN(Cc3ccn(C)n3)C2)cn1. The van der Waals surface area contributed by atoms with Gasteiger partial charge in [0, 0.05) is 38.2 Å². The molecule has 0 spiro atoms. The molecule has 1 aliphatic rings. The zero-order chi connectivity index (χ0) is 14.7. The first-order valence-corrected chi connectivity index (χ1v) is 7.81. The Morgan fingerprint density at radius 1 is 1.29 bits per heavy atom. The largest absolute Gasteiger partial charge is 0.297 e. The summed E-state index contributed by atoms with van der Waals surface area (Å²) >= 11 is 0. The molecule has 0 radical (unpaired) electrons. The van der Waals surface area contributed by atoms with Crippen molar-refractivity contribution in [3.63, 3.8) is 0 Å². The van der Waals surface area contributed by atoms with E-state index in [0.29, 0.717) is 0 Å². The summed E-state index contributed by atoms with van der Waals surface area (Å²) in [6.45, 7) is 5.38. The van der Waals surface area contributed by atoms with E-state index >= 15 is 0 Å². The molecule has 4 heteroatoms. The van der Waals surface area contributed by atoms with Crippen LogP contribution >= 0.6 is 0 Å². The molecule has 0 N–H and O–H groups in total. The number of likely N-dealkylation sites (tertiary alicyclic amines) is 1. The second kappa shape index (κ2) is 6.39. The molecule has 0 unspecified atom stereocenters. The van der Waals surface area contributed by atoms with Gasteiger partial charge in [0.15, 0.2) is 0 Å². The van der Waals surface area contributed by atoms with Gasteiger partial charge in [-0.05, 0) is 56.3 Å². The highest BCUT2D eigenvalue weighted by molar-refractivity contribution is 5.14. The zero-order valence-corrected chi connectivity index (χ0v) is 13.0. The highest BCUT2D eigenvalue weighted by Crippen LogP contribution is 2.21. The molecule has 2 aromatic rings. The lowest BCUT2D eigenvalue weighted by molar-refractivity contribution is 0.165. The number of hydrogen-bond acceptors (Lipinski definition) is 3. The number of pyridine rings is 1. The second-order valence-corrected chi connectivity index (χ2v) is 6.24. The van der Waals surface area contributed by atoms with E-state index in [9.17, 15) is 0 Å². The summed E-state index contributed by atoms with van der Waals surface area (Å²) in [5.41, 5.74) is 3.64. The minimum absolute atomic E-state index is 0.743. The van der Waals surface area contributed by atoms with Gasteiger partial charge >= 0.3 is 0 Å². The normalized spacial score (nSPS) is 19.8. The van der Waals surface area contributed by atoms with Crippen LogP contribution in [0.25, 0.3) is 0 Å². The van der Waals surface area contributed by atoms with Crippen molar-refractivity contribution >= 4 is 0 Å². The van der Waals surface area contributed by atoms with Crippen LogP contribution in [-0.4, -0.2) is 32.8 Å². The van der Waals surface area contributed by atoms with E-state index in [4.69, 9.17) is 0 Å². The number of rotatable bonds is 4. The smallest absolute Gasteiger partial charge is 0.0764 e. The van der Waals surface area contributed by atoms with Crippen LogP contribution in [0.2, 0.25) is 0 Å². The Morgan fingerprint density at radius 3 is 2.90 bits per heavy atom. The quantitative estimate of drug-likeness (QED) is 0.865. The minimum Gasteiger partial charge on any atom is -0.297 e. The minimum atomic E-state index is 0.743. The molecule has 112 valence electrons. The van der Waals surface area contributed by atoms with Crippen LogP contribution in [0, 0.1) is 12.8 Å². The van der Waals surface area contributed by atoms with Crippen LogP contribution in [-0.2, 0) is 20.0 Å². The van der Waals surface area contributed by atoms with Crippen LogP contribution in [0.4, 0.5) is 0 Å². The lowest BCUT2D eigenvalue weighted by Gasteiger charge is -2.32. The molecule has 21 heavy (non-hydrogen) atoms. The highest BCUT2D eigenvalue weighted by atomic mass is 15.3. The third-order valence-electron chi connectivity index (χ3n) is 4.25. The average Bonchev–Trinajstić information content (AvgIpc) is 2.87. The van der Waals surface area contributed by atoms with Crippen LogP contribution in [0.5, 0.6) is 0 Å². The van der Waals surface area contributed by atoms with Crippen LogP contribution in [0.1, 0.15) is 29.8 Å². The van der Waals surface area contributed by atoms with Crippen molar-refractivity contribution in [2.45, 2.75) is 32.7 Å². The van der Waals surface area contributed by atoms with Gasteiger partial charge in [0.05, 0.1) is 5.69 Å². The van der Waals surface area contributed by atoms with Gasteiger partial charge in [-0.1, -0.05) is 6.07 Å². The topological polar surface area (TPSA) is 34.0 Å². The highest BCUT2D eigenvalue weighted by Gasteiger charge is 2.20. The summed E-state index contributed by atoms with van der Waals surface area (Å²) in [5, 5.41) is 4.49. The van der Waals surface area contributed by atoms with E-state index in [1.54, 1.807) is 0 Å². The molecule has 2 aromatic heterocycles. The molecule has 3 rings (SSSR count). The lowest BCUT2D eigenvalue weighted by atomic mass is 9.92. The van der Waals surface area contributed by atoms with Crippen molar-refractivity contribution in [2.75, 3.05) is 13.1 Å². The molecule has 0 aliphatic carbocycles. The molecule has 0 bridgehead atoms. The van der Waals surface area contributed by atoms with Gasteiger partial charge in [0.2, 0.25) is 0 Å². The average molecular weight is 284 g/mol. The van der Waals surface area contributed by atoms with E-state index in [2.05, 4.69) is 33.2 Å². The summed E-state index contributed by atoms with van der Waals surface area (Å²) in [4.78, 5) is 6.95. The Bertz CT molecular complexity index is 573. The fraction of sp³-hybridized carbons (Fsp3) is 0.529. The van der Waals surface area contributed by atoms with Gasteiger partial charge < -0.3 is 0 Å². The van der Waals surface area contributed by atoms with Gasteiger partial charge in [-0.3, -0.25) is 14.6 Å². The number of piperidine rings is 1. The molecule has 4 nitrogen and oxygen atoms in total. The Morgan fingerprint density at radius 2 is 2.19 bits per heavy atom. The molecular formula is C17H24N4. The summed E-state index contributed by atoms with van der Waals surface area (Å²) < 4.78 is 1.88. The van der Waals surface area contributed by atoms with E-state index in [1.165, 1.54) is 37.2 Å². The molecular weight excluding hydrogens is 260 g/mol. The van der Waals surface area contributed by atoms with E-state index < -0.39 is 0 Å². The predicted octanol–water partition coefficient (Wildman–Crippen LogP) is 2.58. The summed E-state index contributed by atoms with van der Waals surface area (Å²) in [7, 11) is 1.98. The first-order chi connectivity index (χ1) is 10.2. The van der Waals surface area contributed by atoms with Gasteiger partial charge in [-0.2, -0.15) is 5.10 Å². The maximum absolute atomic E-state index is 4.49. The number of nitrogens with zero attached hydrogens (tertiary/aromatic N) is 4. The van der Waals surface area contributed by atoms with Crippen LogP contribution in [0.15, 0.2) is 30.6 Å². The van der Waals surface area contributed by atoms with Crippen molar-refractivity contribution in [2.24, 2.45) is 13.0 Å². The maximum atomic E-state index is 4.49. The van der Waals surface area contributed by atoms with Crippen molar-refractivity contribution in [3.8, 4) is 0 Å². The monoisotopic (exact) mass is 284 g/mol. The van der Waals surface area contributed by atoms with Crippen LogP contribution < -0.4 is 0 Å². The Balaban J connectivity index is 1.56. The Kier molecular flexibility index (Phi) is 4.34. The fourth-order valence-corrected chi connectivity index (χ4v) is 3.19. The molecule has 0 saturated carbocycles. The van der Waals surface area contributed by atoms with Crippen molar-refractivity contribution in [1.29, 1.82) is 0 Å². The molecule has 3 heterocycles. The van der Waals surface area contributed by atoms with Gasteiger partial charge in [0.25, 0.3) is 0 Å². The predicted molar refractivity (Wildman–Crippen MR) is 83.9 cm³/mol. The summed E-state index contributed by atoms with van der Waals surface area (Å²) in [6.07, 6.45) is 7.82. The van der Waals surface area contributed by atoms with Crippen molar-refractivity contribution in [3.05, 3.63) is 47.5 Å². The zero-order valence-electron chi connectivity index (χ0n) is 13.0. The summed E-state index contributed by atoms with van der Waals surface area (Å²) in [5.74, 6) is 0.743. The Labute approximate surface area is 126 Å². The molecule has 1 saturated heterocycles. The van der Waals surface area contributed by atoms with Crippen molar-refractivity contribution in [1.82, 2.24) is 19.7 Å². The third kappa shape index (κ3) is 3.91. The third-order valence-corrected chi connectivity index (χ3v) is 4.25. The standard InChI is InChI=1S/C17H24N4/c1-14-5-6-15(11-18-14)10-16-4-3-8-21(12-16)13-17-7-9-20(2)19-17/h5-7,9,11,16H,3-4,8,10,12-13H2,1-2H3/t16-/m0/s1. The van der Waals surface area contributed by atoms with Crippen LogP contribution in [0.3, 0.4) is 0 Å². The molecule has 0 aromatic carbocycles. The first-order valence-electron chi connectivity index (χ1n) is 7.81. The number of aryl methyl sites for hydroxylation is 2. The molecule has 1 aliphatic heterocycles. The molecule has 0 amide bonds. The van der Waals surface area contributed by atoms with Crippen molar-refractivity contribution < 1.29 is 0 Å². The first kappa shape index (κ1) is 14.3. The van der Waals surface area contributed by atoms with Gasteiger partial charge in [0.1, 0.15) is 0 Å². The lowest BCUT2D eigenvalue weighted by Crippen LogP contribution is -2.35. The van der Waals surface area contributed by atoms with Gasteiger partial charge in [-0.25, -0.2) is 0 Å². The number of aromatic nitrogens is 3. The number of hydrogen-bond donors (Lipinski definition) is 0. The maximum Gasteiger partial charge on any atom is 0.0764 e. The molecule has 1 atom stereocenters. The van der Waals surface area contributed by atoms with E-state index in [1.807, 2.05) is 31.0 Å². The second-order valence-electron chi connectivity index (χ2n) is 6.24. The van der Waals surface area contributed by atoms with Gasteiger partial charge in [-0.15, -0.1) is 0 Å².